The van der Waals surface area contributed by atoms with Gasteiger partial charge in [0.25, 0.3) is 0 Å². The summed E-state index contributed by atoms with van der Waals surface area (Å²) in [4.78, 5) is 11.0. The van der Waals surface area contributed by atoms with Crippen LogP contribution in [0.25, 0.3) is 10.2 Å². The van der Waals surface area contributed by atoms with Crippen molar-refractivity contribution >= 4 is 27.4 Å². The van der Waals surface area contributed by atoms with Gasteiger partial charge in [0.15, 0.2) is 0 Å². The van der Waals surface area contributed by atoms with E-state index in [1.165, 1.54) is 10.4 Å². The zero-order valence-corrected chi connectivity index (χ0v) is 12.5. The van der Waals surface area contributed by atoms with Gasteiger partial charge in [0.1, 0.15) is 17.0 Å². The van der Waals surface area contributed by atoms with Crippen molar-refractivity contribution in [1.29, 1.82) is 0 Å². The molecule has 0 spiro atoms. The summed E-state index contributed by atoms with van der Waals surface area (Å²) in [6.07, 6.45) is 3.69. The van der Waals surface area contributed by atoms with Crippen molar-refractivity contribution in [3.8, 4) is 0 Å². The number of nitrogens with one attached hydrogen (secondary N) is 1. The van der Waals surface area contributed by atoms with Crippen molar-refractivity contribution in [1.82, 2.24) is 9.97 Å². The molecule has 0 saturated heterocycles. The Hall–Kier alpha value is -1.20. The molecule has 0 aliphatic carbocycles. The second-order valence-electron chi connectivity index (χ2n) is 5.04. The smallest absolute Gasteiger partial charge is 0.138 e. The summed E-state index contributed by atoms with van der Waals surface area (Å²) in [6, 6.07) is 0. The Morgan fingerprint density at radius 1 is 1.37 bits per heavy atom. The third-order valence-electron chi connectivity index (χ3n) is 3.44. The quantitative estimate of drug-likeness (QED) is 0.798. The first-order valence-electron chi connectivity index (χ1n) is 6.69. The Kier molecular flexibility index (Phi) is 4.71. The number of hydrogen-bond donors (Lipinski definition) is 2. The molecule has 2 aromatic rings. The molecule has 0 aliphatic heterocycles. The van der Waals surface area contributed by atoms with Crippen LogP contribution >= 0.6 is 11.3 Å². The standard InChI is InChI=1S/C14H21N3OS/c1-9(7-18)5-4-6-15-13-12-10(2)11(3)19-14(12)17-8-16-13/h8-9,18H,4-7H2,1-3H3,(H,15,16,17). The highest BCUT2D eigenvalue weighted by molar-refractivity contribution is 7.18. The van der Waals surface area contributed by atoms with Crippen molar-refractivity contribution in [3.05, 3.63) is 16.8 Å². The Morgan fingerprint density at radius 2 is 2.16 bits per heavy atom. The number of hydrogen-bond acceptors (Lipinski definition) is 5. The van der Waals surface area contributed by atoms with E-state index in [4.69, 9.17) is 5.11 Å². The molecule has 0 saturated carbocycles. The lowest BCUT2D eigenvalue weighted by Gasteiger charge is -2.09. The Labute approximate surface area is 117 Å². The van der Waals surface area contributed by atoms with E-state index in [-0.39, 0.29) is 6.61 Å². The normalized spacial score (nSPS) is 12.8. The molecule has 0 radical (unpaired) electrons. The van der Waals surface area contributed by atoms with Gasteiger partial charge >= 0.3 is 0 Å². The number of nitrogens with zero attached hydrogens (tertiary/aromatic N) is 2. The van der Waals surface area contributed by atoms with Gasteiger partial charge in [0.2, 0.25) is 0 Å². The van der Waals surface area contributed by atoms with Crippen LogP contribution in [-0.4, -0.2) is 28.2 Å². The molecular weight excluding hydrogens is 258 g/mol. The van der Waals surface area contributed by atoms with E-state index in [0.29, 0.717) is 5.92 Å². The molecule has 2 rings (SSSR count). The summed E-state index contributed by atoms with van der Waals surface area (Å²) in [7, 11) is 0. The van der Waals surface area contributed by atoms with E-state index in [1.54, 1.807) is 17.7 Å². The minimum Gasteiger partial charge on any atom is -0.396 e. The summed E-state index contributed by atoms with van der Waals surface area (Å²) >= 11 is 1.72. The van der Waals surface area contributed by atoms with Crippen LogP contribution in [0.15, 0.2) is 6.33 Å². The van der Waals surface area contributed by atoms with Gasteiger partial charge in [-0.25, -0.2) is 9.97 Å². The average Bonchev–Trinajstić information content (AvgIpc) is 2.70. The number of fused-ring (bicyclic) bond motifs is 1. The minimum atomic E-state index is 0.264. The zero-order chi connectivity index (χ0) is 13.8. The van der Waals surface area contributed by atoms with Gasteiger partial charge in [-0.15, -0.1) is 11.3 Å². The molecule has 2 N–H and O–H groups in total. The second-order valence-corrected chi connectivity index (χ2v) is 6.25. The predicted molar refractivity (Wildman–Crippen MR) is 80.9 cm³/mol. The molecule has 5 heteroatoms. The third kappa shape index (κ3) is 3.22. The van der Waals surface area contributed by atoms with Gasteiger partial charge in [-0.1, -0.05) is 6.92 Å². The zero-order valence-electron chi connectivity index (χ0n) is 11.7. The van der Waals surface area contributed by atoms with Crippen molar-refractivity contribution in [3.63, 3.8) is 0 Å². The van der Waals surface area contributed by atoms with Gasteiger partial charge in [-0.2, -0.15) is 0 Å². The molecule has 104 valence electrons. The van der Waals surface area contributed by atoms with Gasteiger partial charge in [-0.3, -0.25) is 0 Å². The number of aliphatic hydroxyl groups is 1. The maximum Gasteiger partial charge on any atom is 0.138 e. The number of thiophene rings is 1. The van der Waals surface area contributed by atoms with Crippen molar-refractivity contribution < 1.29 is 5.11 Å². The Bertz CT molecular complexity index is 553. The molecule has 0 amide bonds. The number of rotatable bonds is 6. The maximum atomic E-state index is 8.99. The topological polar surface area (TPSA) is 58.0 Å². The van der Waals surface area contributed by atoms with Crippen LogP contribution in [-0.2, 0) is 0 Å². The van der Waals surface area contributed by atoms with Crippen molar-refractivity contribution in [2.24, 2.45) is 5.92 Å². The highest BCUT2D eigenvalue weighted by Gasteiger charge is 2.11. The van der Waals surface area contributed by atoms with Gasteiger partial charge in [0, 0.05) is 18.0 Å². The highest BCUT2D eigenvalue weighted by Crippen LogP contribution is 2.32. The van der Waals surface area contributed by atoms with Crippen LogP contribution in [0.2, 0.25) is 0 Å². The van der Waals surface area contributed by atoms with E-state index >= 15 is 0 Å². The van der Waals surface area contributed by atoms with Crippen molar-refractivity contribution in [2.75, 3.05) is 18.5 Å². The molecule has 0 aromatic carbocycles. The lowest BCUT2D eigenvalue weighted by molar-refractivity contribution is 0.229. The van der Waals surface area contributed by atoms with Gasteiger partial charge in [-0.05, 0) is 38.2 Å². The molecule has 2 heterocycles. The summed E-state index contributed by atoms with van der Waals surface area (Å²) in [6.45, 7) is 7.45. The first-order chi connectivity index (χ1) is 9.13. The number of aromatic nitrogens is 2. The van der Waals surface area contributed by atoms with Crippen LogP contribution in [0.4, 0.5) is 5.82 Å². The molecule has 0 aliphatic rings. The average molecular weight is 279 g/mol. The lowest BCUT2D eigenvalue weighted by atomic mass is 10.1. The number of anilines is 1. The van der Waals surface area contributed by atoms with Crippen LogP contribution < -0.4 is 5.32 Å². The van der Waals surface area contributed by atoms with Gasteiger partial charge in [0.05, 0.1) is 5.39 Å². The summed E-state index contributed by atoms with van der Waals surface area (Å²) in [5, 5.41) is 13.5. The largest absolute Gasteiger partial charge is 0.396 e. The first kappa shape index (κ1) is 14.2. The number of aryl methyl sites for hydroxylation is 2. The van der Waals surface area contributed by atoms with Crippen LogP contribution in [0.1, 0.15) is 30.2 Å². The molecule has 1 unspecified atom stereocenters. The summed E-state index contributed by atoms with van der Waals surface area (Å²) in [5.74, 6) is 1.31. The Morgan fingerprint density at radius 3 is 2.89 bits per heavy atom. The van der Waals surface area contributed by atoms with E-state index in [2.05, 4.69) is 36.1 Å². The second kappa shape index (κ2) is 6.30. The molecule has 19 heavy (non-hydrogen) atoms. The molecule has 4 nitrogen and oxygen atoms in total. The molecular formula is C14H21N3OS. The SMILES string of the molecule is Cc1sc2ncnc(NCCCC(C)CO)c2c1C. The first-order valence-corrected chi connectivity index (χ1v) is 7.50. The fraction of sp³-hybridized carbons (Fsp3) is 0.571. The summed E-state index contributed by atoms with van der Waals surface area (Å²) in [5.41, 5.74) is 1.27. The fourth-order valence-corrected chi connectivity index (χ4v) is 3.06. The van der Waals surface area contributed by atoms with Crippen LogP contribution in [0, 0.1) is 19.8 Å². The van der Waals surface area contributed by atoms with Gasteiger partial charge < -0.3 is 10.4 Å². The molecule has 1 atom stereocenters. The fourth-order valence-electron chi connectivity index (χ4n) is 2.07. The van der Waals surface area contributed by atoms with E-state index in [1.807, 2.05) is 0 Å². The van der Waals surface area contributed by atoms with Crippen molar-refractivity contribution in [2.45, 2.75) is 33.6 Å². The highest BCUT2D eigenvalue weighted by atomic mass is 32.1. The van der Waals surface area contributed by atoms with Crippen LogP contribution in [0.5, 0.6) is 0 Å². The van der Waals surface area contributed by atoms with E-state index < -0.39 is 0 Å². The lowest BCUT2D eigenvalue weighted by Crippen LogP contribution is -2.07. The molecule has 0 fully saturated rings. The van der Waals surface area contributed by atoms with E-state index in [9.17, 15) is 0 Å². The third-order valence-corrected chi connectivity index (χ3v) is 4.56. The van der Waals surface area contributed by atoms with Crippen LogP contribution in [0.3, 0.4) is 0 Å². The Balaban J connectivity index is 2.04. The maximum absolute atomic E-state index is 8.99. The predicted octanol–water partition coefficient (Wildman–Crippen LogP) is 3.13. The number of aliphatic hydroxyl groups excluding tert-OH is 1. The summed E-state index contributed by atoms with van der Waals surface area (Å²) < 4.78 is 0. The molecule has 0 bridgehead atoms. The van der Waals surface area contributed by atoms with E-state index in [0.717, 1.165) is 35.4 Å². The monoisotopic (exact) mass is 279 g/mol. The minimum absolute atomic E-state index is 0.264. The molecule has 2 aromatic heterocycles.